The molecule has 2 aromatic heterocycles. The number of carbonyl (C=O) groups is 1. The van der Waals surface area contributed by atoms with Crippen molar-refractivity contribution in [1.29, 1.82) is 0 Å². The van der Waals surface area contributed by atoms with Crippen LogP contribution in [0.5, 0.6) is 0 Å². The van der Waals surface area contributed by atoms with Gasteiger partial charge in [0.15, 0.2) is 0 Å². The molecular weight excluding hydrogens is 310 g/mol. The van der Waals surface area contributed by atoms with Gasteiger partial charge >= 0.3 is 5.95 Å². The van der Waals surface area contributed by atoms with Crippen LogP contribution in [0.4, 0.5) is 5.95 Å². The number of aromatic amines is 2. The van der Waals surface area contributed by atoms with Gasteiger partial charge in [-0.1, -0.05) is 0 Å². The maximum atomic E-state index is 11.7. The van der Waals surface area contributed by atoms with Crippen molar-refractivity contribution in [3.8, 4) is 0 Å². The second kappa shape index (κ2) is 5.92. The maximum Gasteiger partial charge on any atom is 0.352 e. The Morgan fingerprint density at radius 1 is 1.47 bits per heavy atom. The van der Waals surface area contributed by atoms with Crippen LogP contribution in [0.25, 0.3) is 0 Å². The molecule has 19 heavy (non-hydrogen) atoms. The Hall–Kier alpha value is -1.76. The molecule has 0 radical (unpaired) electrons. The van der Waals surface area contributed by atoms with Crippen molar-refractivity contribution < 1.29 is 9.36 Å². The first kappa shape index (κ1) is 13.7. The molecule has 2 aromatic rings. The molecule has 0 aliphatic carbocycles. The minimum absolute atomic E-state index is 0.0938. The lowest BCUT2D eigenvalue weighted by Gasteiger charge is -2.03. The van der Waals surface area contributed by atoms with Gasteiger partial charge in [0, 0.05) is 23.6 Å². The fourth-order valence-corrected chi connectivity index (χ4v) is 2.15. The van der Waals surface area contributed by atoms with Crippen LogP contribution in [-0.4, -0.2) is 22.4 Å². The zero-order valence-corrected chi connectivity index (χ0v) is 12.3. The summed E-state index contributed by atoms with van der Waals surface area (Å²) in [4.78, 5) is 17.6. The molecule has 0 unspecified atom stereocenters. The summed E-state index contributed by atoms with van der Waals surface area (Å²) >= 11 is 3.29. The number of imidazole rings is 1. The normalized spacial score (nSPS) is 10.6. The van der Waals surface area contributed by atoms with E-state index in [1.165, 1.54) is 0 Å². The lowest BCUT2D eigenvalue weighted by molar-refractivity contribution is -0.663. The molecule has 0 saturated heterocycles. The topological polar surface area (TPSA) is 90.6 Å². The molecule has 2 heterocycles. The van der Waals surface area contributed by atoms with Gasteiger partial charge in [-0.3, -0.25) is 10.5 Å². The number of aryl methyl sites for hydroxylation is 1. The summed E-state index contributed by atoms with van der Waals surface area (Å²) in [6.45, 7) is 0.626. The highest BCUT2D eigenvalue weighted by Gasteiger charge is 2.10. The quantitative estimate of drug-likeness (QED) is 0.485. The van der Waals surface area contributed by atoms with E-state index in [1.807, 2.05) is 17.8 Å². The number of anilines is 1. The molecule has 1 amide bonds. The molecule has 0 saturated carbocycles. The van der Waals surface area contributed by atoms with Crippen molar-refractivity contribution in [2.24, 2.45) is 7.05 Å². The van der Waals surface area contributed by atoms with Crippen LogP contribution in [0.3, 0.4) is 0 Å². The van der Waals surface area contributed by atoms with E-state index >= 15 is 0 Å². The van der Waals surface area contributed by atoms with E-state index in [1.54, 1.807) is 12.3 Å². The smallest absolute Gasteiger partial charge is 0.352 e. The van der Waals surface area contributed by atoms with Gasteiger partial charge in [0.1, 0.15) is 11.4 Å². The summed E-state index contributed by atoms with van der Waals surface area (Å²) in [5, 5.41) is 2.87. The Labute approximate surface area is 119 Å². The third-order valence-electron chi connectivity index (χ3n) is 2.97. The van der Waals surface area contributed by atoms with Gasteiger partial charge < -0.3 is 10.3 Å². The summed E-state index contributed by atoms with van der Waals surface area (Å²) in [7, 11) is 1.91. The molecule has 0 bridgehead atoms. The SMILES string of the molecule is C[n+]1c(CCCNC(=O)c2cc(Br)c[nH]2)c[nH]c1N. The number of carbonyl (C=O) groups excluding carboxylic acids is 1. The molecule has 7 heteroatoms. The molecule has 102 valence electrons. The number of nitrogens with zero attached hydrogens (tertiary/aromatic N) is 1. The second-order valence-electron chi connectivity index (χ2n) is 4.32. The fraction of sp³-hybridized carbons (Fsp3) is 0.333. The van der Waals surface area contributed by atoms with Crippen LogP contribution in [0, 0.1) is 0 Å². The van der Waals surface area contributed by atoms with Gasteiger partial charge in [-0.15, -0.1) is 0 Å². The predicted molar refractivity (Wildman–Crippen MR) is 75.5 cm³/mol. The number of rotatable bonds is 5. The Kier molecular flexibility index (Phi) is 4.26. The molecule has 0 fully saturated rings. The Morgan fingerprint density at radius 3 is 2.84 bits per heavy atom. The van der Waals surface area contributed by atoms with E-state index in [2.05, 4.69) is 31.2 Å². The lowest BCUT2D eigenvalue weighted by Crippen LogP contribution is -2.34. The Bertz CT molecular complexity index is 574. The average molecular weight is 327 g/mol. The molecule has 0 aliphatic heterocycles. The number of H-pyrrole nitrogens is 2. The predicted octanol–water partition coefficient (Wildman–Crippen LogP) is 0.875. The standard InChI is InChI=1S/C12H16BrN5O/c1-18-9(7-17-12(18)14)3-2-4-15-11(19)10-5-8(13)6-16-10/h5-7H,2-4H2,1H3,(H4,14,15,16,17,19)/p+1. The Morgan fingerprint density at radius 2 is 2.26 bits per heavy atom. The zero-order chi connectivity index (χ0) is 13.8. The van der Waals surface area contributed by atoms with Crippen LogP contribution < -0.4 is 15.6 Å². The van der Waals surface area contributed by atoms with Crippen LogP contribution in [-0.2, 0) is 13.5 Å². The first-order valence-electron chi connectivity index (χ1n) is 6.02. The summed E-state index contributed by atoms with van der Waals surface area (Å²) in [5.74, 6) is 0.541. The lowest BCUT2D eigenvalue weighted by atomic mass is 10.2. The average Bonchev–Trinajstić information content (AvgIpc) is 2.94. The van der Waals surface area contributed by atoms with Gasteiger partial charge in [0.2, 0.25) is 0 Å². The van der Waals surface area contributed by atoms with Gasteiger partial charge in [0.25, 0.3) is 5.91 Å². The number of aromatic nitrogens is 3. The number of halogens is 1. The third-order valence-corrected chi connectivity index (χ3v) is 3.42. The molecule has 2 rings (SSSR count). The highest BCUT2D eigenvalue weighted by molar-refractivity contribution is 9.10. The van der Waals surface area contributed by atoms with Crippen LogP contribution in [0.2, 0.25) is 0 Å². The van der Waals surface area contributed by atoms with Gasteiger partial charge in [-0.25, -0.2) is 9.55 Å². The van der Waals surface area contributed by atoms with E-state index in [9.17, 15) is 4.79 Å². The molecule has 5 N–H and O–H groups in total. The summed E-state index contributed by atoms with van der Waals surface area (Å²) in [6.07, 6.45) is 5.34. The monoisotopic (exact) mass is 326 g/mol. The summed E-state index contributed by atoms with van der Waals surface area (Å²) in [5.41, 5.74) is 7.38. The van der Waals surface area contributed by atoms with E-state index in [0.717, 1.165) is 23.0 Å². The minimum Gasteiger partial charge on any atom is -0.356 e. The number of nitrogens with one attached hydrogen (secondary N) is 3. The van der Waals surface area contributed by atoms with Crippen molar-refractivity contribution in [3.63, 3.8) is 0 Å². The number of amides is 1. The third kappa shape index (κ3) is 3.37. The second-order valence-corrected chi connectivity index (χ2v) is 5.23. The van der Waals surface area contributed by atoms with E-state index in [-0.39, 0.29) is 5.91 Å². The van der Waals surface area contributed by atoms with Crippen molar-refractivity contribution in [2.45, 2.75) is 12.8 Å². The van der Waals surface area contributed by atoms with Crippen molar-refractivity contribution in [2.75, 3.05) is 12.3 Å². The number of hydrogen-bond acceptors (Lipinski definition) is 2. The van der Waals surface area contributed by atoms with E-state index < -0.39 is 0 Å². The van der Waals surface area contributed by atoms with E-state index in [4.69, 9.17) is 5.73 Å². The highest BCUT2D eigenvalue weighted by Crippen LogP contribution is 2.10. The number of nitrogens with two attached hydrogens (primary N) is 1. The first-order valence-corrected chi connectivity index (χ1v) is 6.81. The molecule has 0 atom stereocenters. The van der Waals surface area contributed by atoms with Crippen LogP contribution >= 0.6 is 15.9 Å². The van der Waals surface area contributed by atoms with Crippen molar-refractivity contribution in [3.05, 3.63) is 34.3 Å². The highest BCUT2D eigenvalue weighted by atomic mass is 79.9. The minimum atomic E-state index is -0.0938. The van der Waals surface area contributed by atoms with Crippen molar-refractivity contribution >= 4 is 27.8 Å². The number of hydrogen-bond donors (Lipinski definition) is 4. The molecule has 6 nitrogen and oxygen atoms in total. The van der Waals surface area contributed by atoms with Gasteiger partial charge in [-0.2, -0.15) is 0 Å². The first-order chi connectivity index (χ1) is 9.08. The summed E-state index contributed by atoms with van der Waals surface area (Å²) in [6, 6.07) is 1.75. The zero-order valence-electron chi connectivity index (χ0n) is 10.7. The molecule has 0 spiro atoms. The van der Waals surface area contributed by atoms with Gasteiger partial charge in [0.05, 0.1) is 13.2 Å². The maximum absolute atomic E-state index is 11.7. The van der Waals surface area contributed by atoms with Crippen LogP contribution in [0.1, 0.15) is 22.6 Å². The molecule has 0 aliphatic rings. The molecule has 0 aromatic carbocycles. The van der Waals surface area contributed by atoms with Crippen molar-refractivity contribution in [1.82, 2.24) is 15.3 Å². The summed E-state index contributed by atoms with van der Waals surface area (Å²) < 4.78 is 2.77. The fourth-order valence-electron chi connectivity index (χ4n) is 1.81. The van der Waals surface area contributed by atoms with E-state index in [0.29, 0.717) is 18.2 Å². The van der Waals surface area contributed by atoms with Gasteiger partial charge in [-0.05, 0) is 28.4 Å². The molecular formula is C12H17BrN5O+. The number of nitrogen functional groups attached to an aromatic ring is 1. The Balaban J connectivity index is 1.75. The van der Waals surface area contributed by atoms with Crippen LogP contribution in [0.15, 0.2) is 22.9 Å². The largest absolute Gasteiger partial charge is 0.356 e.